The molecule has 234 valence electrons. The van der Waals surface area contributed by atoms with E-state index in [0.29, 0.717) is 5.39 Å². The minimum Gasteiger partial charge on any atom is -0.480 e. The third-order valence-corrected chi connectivity index (χ3v) is 4.97. The van der Waals surface area contributed by atoms with E-state index in [1.807, 2.05) is 0 Å². The van der Waals surface area contributed by atoms with Gasteiger partial charge in [-0.3, -0.25) is 28.8 Å². The van der Waals surface area contributed by atoms with Gasteiger partial charge in [-0.1, -0.05) is 0 Å². The molecule has 1 heterocycles. The molecule has 1 aromatic carbocycles. The number of hydrogen-bond acceptors (Lipinski definition) is 17. The van der Waals surface area contributed by atoms with Crippen molar-refractivity contribution in [3.63, 3.8) is 0 Å². The first-order chi connectivity index (χ1) is 20.4. The molecular formula is C26H29NO16. The SMILES string of the molecule is COC(=O)Cc1cc2cc(OCC(=O)OCOC(C)=O)c(N(CC(=O)OCOC(C)=O)CC(=O)OCOC(C)=O)cc2o1. The lowest BCUT2D eigenvalue weighted by atomic mass is 10.2. The number of esters is 7. The first-order valence-corrected chi connectivity index (χ1v) is 12.3. The van der Waals surface area contributed by atoms with Gasteiger partial charge in [0, 0.05) is 32.2 Å². The number of benzene rings is 1. The van der Waals surface area contributed by atoms with E-state index >= 15 is 0 Å². The summed E-state index contributed by atoms with van der Waals surface area (Å²) in [6.45, 7) is -0.717. The van der Waals surface area contributed by atoms with Gasteiger partial charge in [0.05, 0.1) is 12.8 Å². The van der Waals surface area contributed by atoms with Crippen LogP contribution in [0.25, 0.3) is 11.0 Å². The number of nitrogens with zero attached hydrogens (tertiary/aromatic N) is 1. The molecule has 43 heavy (non-hydrogen) atoms. The van der Waals surface area contributed by atoms with Gasteiger partial charge in [0.2, 0.25) is 20.4 Å². The predicted molar refractivity (Wildman–Crippen MR) is 138 cm³/mol. The lowest BCUT2D eigenvalue weighted by Gasteiger charge is -2.25. The molecule has 0 amide bonds. The van der Waals surface area contributed by atoms with Gasteiger partial charge in [-0.15, -0.1) is 0 Å². The Balaban J connectivity index is 2.42. The van der Waals surface area contributed by atoms with Crippen LogP contribution < -0.4 is 9.64 Å². The van der Waals surface area contributed by atoms with Crippen molar-refractivity contribution >= 4 is 58.4 Å². The van der Waals surface area contributed by atoms with Crippen molar-refractivity contribution in [2.75, 3.05) is 52.1 Å². The number of anilines is 1. The molecule has 17 nitrogen and oxygen atoms in total. The van der Waals surface area contributed by atoms with Gasteiger partial charge in [0.25, 0.3) is 0 Å². The molecule has 0 fully saturated rings. The number of methoxy groups -OCH3 is 1. The highest BCUT2D eigenvalue weighted by atomic mass is 16.7. The molecule has 0 bridgehead atoms. The fraction of sp³-hybridized carbons (Fsp3) is 0.423. The molecule has 2 rings (SSSR count). The molecule has 0 saturated heterocycles. The van der Waals surface area contributed by atoms with Crippen molar-refractivity contribution < 1.29 is 75.9 Å². The van der Waals surface area contributed by atoms with Crippen LogP contribution in [-0.4, -0.2) is 89.0 Å². The predicted octanol–water partition coefficient (Wildman–Crippen LogP) is 0.525. The number of ether oxygens (including phenoxy) is 8. The van der Waals surface area contributed by atoms with Crippen molar-refractivity contribution in [1.29, 1.82) is 0 Å². The molecule has 0 spiro atoms. The largest absolute Gasteiger partial charge is 0.480 e. The highest BCUT2D eigenvalue weighted by Gasteiger charge is 2.24. The zero-order valence-electron chi connectivity index (χ0n) is 23.7. The van der Waals surface area contributed by atoms with E-state index in [-0.39, 0.29) is 29.2 Å². The third-order valence-electron chi connectivity index (χ3n) is 4.97. The minimum absolute atomic E-state index is 0.00752. The van der Waals surface area contributed by atoms with Crippen LogP contribution in [0.15, 0.2) is 22.6 Å². The van der Waals surface area contributed by atoms with E-state index in [1.54, 1.807) is 0 Å². The quantitative estimate of drug-likeness (QED) is 0.144. The maximum absolute atomic E-state index is 12.6. The normalized spacial score (nSPS) is 10.2. The average molecular weight is 612 g/mol. The summed E-state index contributed by atoms with van der Waals surface area (Å²) in [5, 5.41) is 0.403. The molecule has 0 N–H and O–H groups in total. The fourth-order valence-electron chi connectivity index (χ4n) is 3.12. The molecule has 0 unspecified atom stereocenters. The second-order valence-corrected chi connectivity index (χ2v) is 8.28. The summed E-state index contributed by atoms with van der Waals surface area (Å²) in [5.41, 5.74) is 0.193. The molecule has 0 atom stereocenters. The highest BCUT2D eigenvalue weighted by Crippen LogP contribution is 2.35. The summed E-state index contributed by atoms with van der Waals surface area (Å²) in [6, 6.07) is 4.26. The molecular weight excluding hydrogens is 582 g/mol. The number of furan rings is 1. The molecule has 0 radical (unpaired) electrons. The number of carbonyl (C=O) groups is 7. The lowest BCUT2D eigenvalue weighted by molar-refractivity contribution is -0.168. The Labute approximate surface area is 243 Å². The van der Waals surface area contributed by atoms with Crippen molar-refractivity contribution in [2.45, 2.75) is 27.2 Å². The first-order valence-electron chi connectivity index (χ1n) is 12.3. The van der Waals surface area contributed by atoms with Gasteiger partial charge in [-0.2, -0.15) is 0 Å². The monoisotopic (exact) mass is 611 g/mol. The van der Waals surface area contributed by atoms with Crippen LogP contribution >= 0.6 is 0 Å². The van der Waals surface area contributed by atoms with Crippen LogP contribution in [-0.2, 0) is 73.1 Å². The first kappa shape index (κ1) is 33.9. The van der Waals surface area contributed by atoms with E-state index in [9.17, 15) is 33.6 Å². The Hall–Kier alpha value is -5.35. The van der Waals surface area contributed by atoms with E-state index < -0.39 is 81.9 Å². The molecule has 0 aliphatic carbocycles. The van der Waals surface area contributed by atoms with Crippen LogP contribution in [0.3, 0.4) is 0 Å². The molecule has 0 saturated carbocycles. The maximum atomic E-state index is 12.6. The molecule has 0 aliphatic rings. The zero-order valence-corrected chi connectivity index (χ0v) is 23.7. The van der Waals surface area contributed by atoms with Gasteiger partial charge in [-0.25, -0.2) is 4.79 Å². The van der Waals surface area contributed by atoms with Crippen LogP contribution in [0, 0.1) is 0 Å². The number of rotatable bonds is 16. The standard InChI is InChI=1S/C26H29NO16/c1-15(28)37-12-40-24(32)9-27(10-25(33)41-13-38-16(2)29)20-8-21-18(5-19(43-21)7-23(31)35-4)6-22(20)36-11-26(34)42-14-39-17(3)30/h5-6,8H,7,9-14H2,1-4H3. The lowest BCUT2D eigenvalue weighted by Crippen LogP contribution is -2.37. The summed E-state index contributed by atoms with van der Waals surface area (Å²) in [7, 11) is 1.20. The Bertz CT molecular complexity index is 1310. The Morgan fingerprint density at radius 2 is 1.19 bits per heavy atom. The van der Waals surface area contributed by atoms with Crippen LogP contribution in [0.5, 0.6) is 5.75 Å². The minimum atomic E-state index is -0.952. The summed E-state index contributed by atoms with van der Waals surface area (Å²) in [4.78, 5) is 83.0. The summed E-state index contributed by atoms with van der Waals surface area (Å²) in [6.07, 6.45) is -0.214. The Kier molecular flexibility index (Phi) is 13.2. The maximum Gasteiger partial charge on any atom is 0.347 e. The van der Waals surface area contributed by atoms with E-state index in [2.05, 4.69) is 18.9 Å². The van der Waals surface area contributed by atoms with Crippen molar-refractivity contribution in [1.82, 2.24) is 0 Å². The van der Waals surface area contributed by atoms with E-state index in [0.717, 1.165) is 25.7 Å². The van der Waals surface area contributed by atoms with Crippen LogP contribution in [0.1, 0.15) is 26.5 Å². The molecule has 0 aliphatic heterocycles. The second kappa shape index (κ2) is 16.8. The second-order valence-electron chi connectivity index (χ2n) is 8.28. The Morgan fingerprint density at radius 1 is 0.674 bits per heavy atom. The van der Waals surface area contributed by atoms with Gasteiger partial charge in [-0.05, 0) is 12.1 Å². The van der Waals surface area contributed by atoms with E-state index in [4.69, 9.17) is 23.4 Å². The number of fused-ring (bicyclic) bond motifs is 1. The third kappa shape index (κ3) is 12.4. The van der Waals surface area contributed by atoms with Crippen molar-refractivity contribution in [3.05, 3.63) is 24.0 Å². The van der Waals surface area contributed by atoms with Gasteiger partial charge < -0.3 is 47.2 Å². The fourth-order valence-corrected chi connectivity index (χ4v) is 3.12. The molecule has 2 aromatic rings. The highest BCUT2D eigenvalue weighted by molar-refractivity contribution is 5.90. The summed E-state index contributed by atoms with van der Waals surface area (Å²) >= 11 is 0. The van der Waals surface area contributed by atoms with Crippen molar-refractivity contribution in [2.24, 2.45) is 0 Å². The van der Waals surface area contributed by atoms with Crippen LogP contribution in [0.2, 0.25) is 0 Å². The Morgan fingerprint density at radius 3 is 1.67 bits per heavy atom. The van der Waals surface area contributed by atoms with Gasteiger partial charge in [0.1, 0.15) is 36.6 Å². The van der Waals surface area contributed by atoms with Gasteiger partial charge in [0.15, 0.2) is 6.61 Å². The summed E-state index contributed by atoms with van der Waals surface area (Å²) < 4.78 is 44.2. The van der Waals surface area contributed by atoms with Gasteiger partial charge >= 0.3 is 41.8 Å². The van der Waals surface area contributed by atoms with E-state index in [1.165, 1.54) is 25.3 Å². The molecule has 1 aromatic heterocycles. The zero-order chi connectivity index (χ0) is 31.9. The topological polar surface area (TPSA) is 210 Å². The number of carbonyl (C=O) groups excluding carboxylic acids is 7. The number of hydrogen-bond donors (Lipinski definition) is 0. The van der Waals surface area contributed by atoms with Crippen molar-refractivity contribution in [3.8, 4) is 5.75 Å². The summed E-state index contributed by atoms with van der Waals surface area (Å²) in [5.74, 6) is -5.37. The average Bonchev–Trinajstić information content (AvgIpc) is 3.31. The van der Waals surface area contributed by atoms with Crippen LogP contribution in [0.4, 0.5) is 5.69 Å². The molecule has 17 heteroatoms. The smallest absolute Gasteiger partial charge is 0.347 e.